The van der Waals surface area contributed by atoms with E-state index in [1.54, 1.807) is 18.1 Å². The van der Waals surface area contributed by atoms with Crippen LogP contribution in [0.1, 0.15) is 18.4 Å². The first-order valence-electron chi connectivity index (χ1n) is 8.05. The van der Waals surface area contributed by atoms with Crippen molar-refractivity contribution < 1.29 is 0 Å². The van der Waals surface area contributed by atoms with E-state index >= 15 is 0 Å². The summed E-state index contributed by atoms with van der Waals surface area (Å²) in [6.07, 6.45) is 6.59. The van der Waals surface area contributed by atoms with Gasteiger partial charge in [-0.15, -0.1) is 6.58 Å². The molecule has 5 heteroatoms. The monoisotopic (exact) mass is 324 g/mol. The highest BCUT2D eigenvalue weighted by atomic mass is 32.2. The molecule has 0 N–H and O–H groups in total. The van der Waals surface area contributed by atoms with E-state index in [0.29, 0.717) is 6.17 Å². The van der Waals surface area contributed by atoms with E-state index in [1.807, 2.05) is 12.1 Å². The van der Waals surface area contributed by atoms with Crippen LogP contribution in [-0.2, 0) is 6.54 Å². The van der Waals surface area contributed by atoms with Gasteiger partial charge in [-0.25, -0.2) is 9.97 Å². The molecule has 4 nitrogen and oxygen atoms in total. The molecule has 4 rings (SSSR count). The molecule has 23 heavy (non-hydrogen) atoms. The van der Waals surface area contributed by atoms with Crippen LogP contribution < -0.4 is 4.90 Å². The summed E-state index contributed by atoms with van der Waals surface area (Å²) < 4.78 is 0. The molecule has 0 spiro atoms. The number of aromatic nitrogens is 2. The zero-order chi connectivity index (χ0) is 15.6. The van der Waals surface area contributed by atoms with Crippen molar-refractivity contribution in [1.82, 2.24) is 14.9 Å². The summed E-state index contributed by atoms with van der Waals surface area (Å²) in [5.74, 6) is 1.08. The van der Waals surface area contributed by atoms with Crippen LogP contribution in [0.15, 0.2) is 59.2 Å². The van der Waals surface area contributed by atoms with Gasteiger partial charge in [0.25, 0.3) is 0 Å². The molecule has 0 saturated carbocycles. The molecule has 2 aliphatic rings. The van der Waals surface area contributed by atoms with Gasteiger partial charge in [-0.2, -0.15) is 0 Å². The molecule has 3 heterocycles. The quantitative estimate of drug-likeness (QED) is 0.634. The van der Waals surface area contributed by atoms with Gasteiger partial charge in [-0.05, 0) is 25.0 Å². The lowest BCUT2D eigenvalue weighted by atomic mass is 10.1. The van der Waals surface area contributed by atoms with Gasteiger partial charge in [-0.3, -0.25) is 4.90 Å². The summed E-state index contributed by atoms with van der Waals surface area (Å²) in [5, 5.41) is 1.07. The van der Waals surface area contributed by atoms with Crippen molar-refractivity contribution in [3.8, 4) is 0 Å². The Morgan fingerprint density at radius 1 is 1.26 bits per heavy atom. The van der Waals surface area contributed by atoms with Crippen molar-refractivity contribution in [3.05, 3.63) is 54.9 Å². The number of anilines is 1. The third-order valence-electron chi connectivity index (χ3n) is 4.49. The lowest BCUT2D eigenvalue weighted by molar-refractivity contribution is 0.222. The van der Waals surface area contributed by atoms with Crippen molar-refractivity contribution in [3.63, 3.8) is 0 Å². The topological polar surface area (TPSA) is 32.3 Å². The largest absolute Gasteiger partial charge is 0.337 e. The van der Waals surface area contributed by atoms with Gasteiger partial charge in [0.05, 0.1) is 6.17 Å². The maximum atomic E-state index is 4.61. The number of nitrogens with zero attached hydrogens (tertiary/aromatic N) is 4. The van der Waals surface area contributed by atoms with Crippen molar-refractivity contribution in [2.24, 2.45) is 0 Å². The van der Waals surface area contributed by atoms with Crippen molar-refractivity contribution >= 4 is 17.6 Å². The van der Waals surface area contributed by atoms with Crippen LogP contribution in [0.25, 0.3) is 0 Å². The maximum Gasteiger partial charge on any atom is 0.139 e. The molecule has 0 bridgehead atoms. The molecule has 118 valence electrons. The molecular formula is C18H20N4S. The second-order valence-corrected chi connectivity index (χ2v) is 6.99. The lowest BCUT2D eigenvalue weighted by Gasteiger charge is -2.41. The smallest absolute Gasteiger partial charge is 0.139 e. The first-order valence-corrected chi connectivity index (χ1v) is 8.87. The Hall–Kier alpha value is -1.85. The minimum Gasteiger partial charge on any atom is -0.337 e. The van der Waals surface area contributed by atoms with Gasteiger partial charge < -0.3 is 4.90 Å². The van der Waals surface area contributed by atoms with Gasteiger partial charge in [0.15, 0.2) is 0 Å². The van der Waals surface area contributed by atoms with E-state index in [-0.39, 0.29) is 0 Å². The van der Waals surface area contributed by atoms with Crippen LogP contribution >= 0.6 is 11.8 Å². The Bertz CT molecular complexity index is 703. The summed E-state index contributed by atoms with van der Waals surface area (Å²) in [5.41, 5.74) is 1.25. The normalized spacial score (nSPS) is 20.2. The van der Waals surface area contributed by atoms with E-state index in [9.17, 15) is 0 Å². The van der Waals surface area contributed by atoms with Gasteiger partial charge >= 0.3 is 0 Å². The predicted octanol–water partition coefficient (Wildman–Crippen LogP) is 3.56. The number of rotatable bonds is 4. The molecule has 0 radical (unpaired) electrons. The number of hydrogen-bond donors (Lipinski definition) is 0. The highest BCUT2D eigenvalue weighted by molar-refractivity contribution is 7.99. The summed E-state index contributed by atoms with van der Waals surface area (Å²) in [6.45, 7) is 6.86. The van der Waals surface area contributed by atoms with Gasteiger partial charge in [-0.1, -0.05) is 36.0 Å². The summed E-state index contributed by atoms with van der Waals surface area (Å²) >= 11 is 1.73. The Morgan fingerprint density at radius 3 is 2.96 bits per heavy atom. The molecule has 1 aromatic carbocycles. The third-order valence-corrected chi connectivity index (χ3v) is 5.54. The lowest BCUT2D eigenvalue weighted by Crippen LogP contribution is -2.49. The van der Waals surface area contributed by atoms with E-state index in [0.717, 1.165) is 30.5 Å². The van der Waals surface area contributed by atoms with Crippen LogP contribution in [0.3, 0.4) is 0 Å². The maximum absolute atomic E-state index is 4.61. The molecular weight excluding hydrogens is 304 g/mol. The SMILES string of the molecule is C=CCN1c2ncnc(Sc3ccccc3)c2CN2CCCC21. The highest BCUT2D eigenvalue weighted by Gasteiger charge is 2.37. The molecule has 0 amide bonds. The summed E-state index contributed by atoms with van der Waals surface area (Å²) in [7, 11) is 0. The third kappa shape index (κ3) is 2.75. The van der Waals surface area contributed by atoms with E-state index < -0.39 is 0 Å². The Labute approximate surface area is 141 Å². The fourth-order valence-electron chi connectivity index (χ4n) is 3.50. The zero-order valence-electron chi connectivity index (χ0n) is 13.1. The Kier molecular flexibility index (Phi) is 4.06. The van der Waals surface area contributed by atoms with Crippen LogP contribution in [0.2, 0.25) is 0 Å². The van der Waals surface area contributed by atoms with Crippen LogP contribution in [-0.4, -0.2) is 34.1 Å². The molecule has 1 saturated heterocycles. The van der Waals surface area contributed by atoms with Crippen molar-refractivity contribution in [2.75, 3.05) is 18.0 Å². The first kappa shape index (κ1) is 14.7. The van der Waals surface area contributed by atoms with Gasteiger partial charge in [0.1, 0.15) is 17.2 Å². The molecule has 2 aromatic rings. The second-order valence-electron chi connectivity index (χ2n) is 5.93. The fraction of sp³-hybridized carbons (Fsp3) is 0.333. The second kappa shape index (κ2) is 6.34. The summed E-state index contributed by atoms with van der Waals surface area (Å²) in [6, 6.07) is 10.4. The molecule has 1 aromatic heterocycles. The van der Waals surface area contributed by atoms with E-state index in [2.05, 4.69) is 50.6 Å². The molecule has 2 aliphatic heterocycles. The molecule has 1 atom stereocenters. The molecule has 1 unspecified atom stereocenters. The van der Waals surface area contributed by atoms with E-state index in [1.165, 1.54) is 23.3 Å². The average Bonchev–Trinajstić information content (AvgIpc) is 3.05. The average molecular weight is 324 g/mol. The van der Waals surface area contributed by atoms with Crippen LogP contribution in [0.4, 0.5) is 5.82 Å². The molecule has 0 aliphatic carbocycles. The van der Waals surface area contributed by atoms with Gasteiger partial charge in [0, 0.05) is 30.1 Å². The first-order chi connectivity index (χ1) is 11.4. The Balaban J connectivity index is 1.72. The zero-order valence-corrected chi connectivity index (χ0v) is 13.9. The number of fused-ring (bicyclic) bond motifs is 2. The predicted molar refractivity (Wildman–Crippen MR) is 93.6 cm³/mol. The minimum absolute atomic E-state index is 0.463. The fourth-order valence-corrected chi connectivity index (χ4v) is 4.39. The van der Waals surface area contributed by atoms with Crippen molar-refractivity contribution in [1.29, 1.82) is 0 Å². The molecule has 1 fully saturated rings. The standard InChI is InChI=1S/C18H20N4S/c1-2-10-22-16-9-6-11-21(16)12-15-17(22)19-13-20-18(15)23-14-7-4-3-5-8-14/h2-5,7-8,13,16H,1,6,9-12H2. The van der Waals surface area contributed by atoms with Crippen LogP contribution in [0, 0.1) is 0 Å². The Morgan fingerprint density at radius 2 is 2.13 bits per heavy atom. The van der Waals surface area contributed by atoms with Crippen LogP contribution in [0.5, 0.6) is 0 Å². The number of benzene rings is 1. The van der Waals surface area contributed by atoms with Gasteiger partial charge in [0.2, 0.25) is 0 Å². The van der Waals surface area contributed by atoms with Crippen molar-refractivity contribution in [2.45, 2.75) is 35.5 Å². The van der Waals surface area contributed by atoms with E-state index in [4.69, 9.17) is 0 Å². The number of hydrogen-bond acceptors (Lipinski definition) is 5. The highest BCUT2D eigenvalue weighted by Crippen LogP contribution is 2.39. The minimum atomic E-state index is 0.463. The summed E-state index contributed by atoms with van der Waals surface area (Å²) in [4.78, 5) is 15.3.